The van der Waals surface area contributed by atoms with Crippen molar-refractivity contribution in [3.8, 4) is 5.75 Å². The van der Waals surface area contributed by atoms with Gasteiger partial charge in [-0.15, -0.1) is 0 Å². The first-order chi connectivity index (χ1) is 7.85. The summed E-state index contributed by atoms with van der Waals surface area (Å²) in [6.45, 7) is 1.02. The smallest absolute Gasteiger partial charge is 0.153 e. The molecule has 1 aliphatic rings. The maximum atomic E-state index is 10.8. The number of benzene rings is 1. The van der Waals surface area contributed by atoms with Crippen LogP contribution in [0.25, 0.3) is 0 Å². The Morgan fingerprint density at radius 3 is 2.81 bits per heavy atom. The molecule has 0 amide bonds. The van der Waals surface area contributed by atoms with E-state index in [1.807, 2.05) is 6.07 Å². The highest BCUT2D eigenvalue weighted by molar-refractivity contribution is 5.79. The molecule has 1 aromatic carbocycles. The first-order valence-corrected chi connectivity index (χ1v) is 5.16. The van der Waals surface area contributed by atoms with Crippen LogP contribution in [0.15, 0.2) is 24.3 Å². The van der Waals surface area contributed by atoms with Gasteiger partial charge in [-0.05, 0) is 12.1 Å². The summed E-state index contributed by atoms with van der Waals surface area (Å²) in [5, 5.41) is 0. The molecule has 16 heavy (non-hydrogen) atoms. The second-order valence-corrected chi connectivity index (χ2v) is 3.62. The number of hydrogen-bond acceptors (Lipinski definition) is 4. The van der Waals surface area contributed by atoms with Gasteiger partial charge in [0.25, 0.3) is 0 Å². The van der Waals surface area contributed by atoms with E-state index in [9.17, 15) is 4.79 Å². The summed E-state index contributed by atoms with van der Waals surface area (Å²) in [6, 6.07) is 7.13. The monoisotopic (exact) mass is 222 g/mol. The van der Waals surface area contributed by atoms with Crippen molar-refractivity contribution in [1.82, 2.24) is 0 Å². The molecule has 0 bridgehead atoms. The van der Waals surface area contributed by atoms with E-state index in [1.165, 1.54) is 0 Å². The molecule has 2 atom stereocenters. The van der Waals surface area contributed by atoms with Gasteiger partial charge < -0.3 is 14.2 Å². The molecule has 1 aliphatic heterocycles. The van der Waals surface area contributed by atoms with E-state index in [-0.39, 0.29) is 12.2 Å². The predicted molar refractivity (Wildman–Crippen MR) is 57.9 cm³/mol. The van der Waals surface area contributed by atoms with Gasteiger partial charge in [0.15, 0.2) is 12.4 Å². The van der Waals surface area contributed by atoms with Crippen LogP contribution in [-0.4, -0.2) is 38.8 Å². The molecule has 1 saturated heterocycles. The summed E-state index contributed by atoms with van der Waals surface area (Å²) < 4.78 is 16.2. The maximum absolute atomic E-state index is 10.8. The number of aldehydes is 1. The third kappa shape index (κ3) is 2.23. The summed E-state index contributed by atoms with van der Waals surface area (Å²) in [6.07, 6.45) is 0.568. The average Bonchev–Trinajstić information content (AvgIpc) is 2.77. The molecule has 0 aliphatic carbocycles. The van der Waals surface area contributed by atoms with Gasteiger partial charge in [-0.25, -0.2) is 0 Å². The Kier molecular flexibility index (Phi) is 3.54. The molecular formula is C12H14O4. The molecule has 2 rings (SSSR count). The highest BCUT2D eigenvalue weighted by atomic mass is 16.6. The molecule has 0 aromatic heterocycles. The van der Waals surface area contributed by atoms with Crippen LogP contribution in [0.4, 0.5) is 0 Å². The summed E-state index contributed by atoms with van der Waals surface area (Å²) in [4.78, 5) is 10.8. The van der Waals surface area contributed by atoms with E-state index in [2.05, 4.69) is 0 Å². The summed E-state index contributed by atoms with van der Waals surface area (Å²) in [7, 11) is 1.63. The van der Waals surface area contributed by atoms with Crippen LogP contribution < -0.4 is 4.74 Å². The molecule has 86 valence electrons. The van der Waals surface area contributed by atoms with Gasteiger partial charge in [0.2, 0.25) is 0 Å². The first-order valence-electron chi connectivity index (χ1n) is 5.16. The fraction of sp³-hybridized carbons (Fsp3) is 0.417. The van der Waals surface area contributed by atoms with Crippen LogP contribution in [0.2, 0.25) is 0 Å². The van der Waals surface area contributed by atoms with Crippen molar-refractivity contribution in [2.75, 3.05) is 20.3 Å². The molecule has 0 N–H and O–H groups in total. The van der Waals surface area contributed by atoms with Gasteiger partial charge in [-0.1, -0.05) is 12.1 Å². The molecule has 1 unspecified atom stereocenters. The third-order valence-electron chi connectivity index (χ3n) is 2.61. The van der Waals surface area contributed by atoms with Crippen LogP contribution in [0.5, 0.6) is 5.75 Å². The lowest BCUT2D eigenvalue weighted by Crippen LogP contribution is -2.31. The summed E-state index contributed by atoms with van der Waals surface area (Å²) in [5.74, 6) is 0.579. The topological polar surface area (TPSA) is 44.8 Å². The largest absolute Gasteiger partial charge is 0.484 e. The van der Waals surface area contributed by atoms with Crippen LogP contribution in [0.1, 0.15) is 10.4 Å². The highest BCUT2D eigenvalue weighted by Crippen LogP contribution is 2.21. The number of rotatable bonds is 4. The van der Waals surface area contributed by atoms with E-state index >= 15 is 0 Å². The quantitative estimate of drug-likeness (QED) is 0.720. The zero-order chi connectivity index (χ0) is 11.4. The Morgan fingerprint density at radius 1 is 1.31 bits per heavy atom. The molecular weight excluding hydrogens is 208 g/mol. The Morgan fingerprint density at radius 2 is 2.06 bits per heavy atom. The molecule has 0 saturated carbocycles. The van der Waals surface area contributed by atoms with Crippen molar-refractivity contribution in [2.24, 2.45) is 0 Å². The fourth-order valence-corrected chi connectivity index (χ4v) is 1.69. The molecule has 1 aromatic rings. The average molecular weight is 222 g/mol. The Balaban J connectivity index is 2.11. The number of ether oxygens (including phenoxy) is 3. The van der Waals surface area contributed by atoms with Gasteiger partial charge in [0.05, 0.1) is 18.8 Å². The van der Waals surface area contributed by atoms with Gasteiger partial charge in [-0.3, -0.25) is 4.79 Å². The second-order valence-electron chi connectivity index (χ2n) is 3.62. The Hall–Kier alpha value is -1.39. The molecule has 0 radical (unpaired) electrons. The zero-order valence-electron chi connectivity index (χ0n) is 9.09. The van der Waals surface area contributed by atoms with E-state index in [0.29, 0.717) is 24.5 Å². The van der Waals surface area contributed by atoms with Crippen LogP contribution >= 0.6 is 0 Å². The highest BCUT2D eigenvalue weighted by Gasteiger charge is 2.30. The lowest BCUT2D eigenvalue weighted by molar-refractivity contribution is 0.0323. The number of carbonyl (C=O) groups is 1. The molecule has 4 nitrogen and oxygen atoms in total. The SMILES string of the molecule is COC1COC[C@@H]1Oc1ccccc1C=O. The van der Waals surface area contributed by atoms with Gasteiger partial charge in [0, 0.05) is 7.11 Å². The number of methoxy groups -OCH3 is 1. The minimum Gasteiger partial charge on any atom is -0.484 e. The molecule has 0 spiro atoms. The number of carbonyl (C=O) groups excluding carboxylic acids is 1. The maximum Gasteiger partial charge on any atom is 0.153 e. The fourth-order valence-electron chi connectivity index (χ4n) is 1.69. The van der Waals surface area contributed by atoms with Gasteiger partial charge in [0.1, 0.15) is 11.9 Å². The summed E-state index contributed by atoms with van der Waals surface area (Å²) >= 11 is 0. The number of para-hydroxylation sites is 1. The van der Waals surface area contributed by atoms with Crippen molar-refractivity contribution in [3.63, 3.8) is 0 Å². The molecule has 1 fully saturated rings. The van der Waals surface area contributed by atoms with E-state index < -0.39 is 0 Å². The minimum atomic E-state index is -0.147. The third-order valence-corrected chi connectivity index (χ3v) is 2.61. The normalized spacial score (nSPS) is 24.3. The van der Waals surface area contributed by atoms with E-state index in [0.717, 1.165) is 6.29 Å². The lowest BCUT2D eigenvalue weighted by atomic mass is 10.2. The summed E-state index contributed by atoms with van der Waals surface area (Å²) in [5.41, 5.74) is 0.546. The van der Waals surface area contributed by atoms with Crippen molar-refractivity contribution in [3.05, 3.63) is 29.8 Å². The van der Waals surface area contributed by atoms with Crippen molar-refractivity contribution in [2.45, 2.75) is 12.2 Å². The zero-order valence-corrected chi connectivity index (χ0v) is 9.09. The van der Waals surface area contributed by atoms with E-state index in [1.54, 1.807) is 25.3 Å². The first kappa shape index (κ1) is 11.1. The Bertz CT molecular complexity index is 364. The predicted octanol–water partition coefficient (Wildman–Crippen LogP) is 1.29. The van der Waals surface area contributed by atoms with Crippen LogP contribution in [-0.2, 0) is 9.47 Å². The second kappa shape index (κ2) is 5.09. The van der Waals surface area contributed by atoms with Crippen LogP contribution in [0.3, 0.4) is 0 Å². The Labute approximate surface area is 94.1 Å². The van der Waals surface area contributed by atoms with Crippen LogP contribution in [0, 0.1) is 0 Å². The standard InChI is InChI=1S/C12H14O4/c1-14-11-7-15-8-12(11)16-10-5-3-2-4-9(10)6-13/h2-6,11-12H,7-8H2,1H3/t11?,12-/m0/s1. The minimum absolute atomic E-state index is 0.0697. The van der Waals surface area contributed by atoms with Gasteiger partial charge in [-0.2, -0.15) is 0 Å². The van der Waals surface area contributed by atoms with Gasteiger partial charge >= 0.3 is 0 Å². The molecule has 1 heterocycles. The number of hydrogen-bond donors (Lipinski definition) is 0. The molecule has 4 heteroatoms. The van der Waals surface area contributed by atoms with Crippen molar-refractivity contribution in [1.29, 1.82) is 0 Å². The van der Waals surface area contributed by atoms with Crippen molar-refractivity contribution >= 4 is 6.29 Å². The lowest BCUT2D eigenvalue weighted by Gasteiger charge is -2.18. The van der Waals surface area contributed by atoms with E-state index in [4.69, 9.17) is 14.2 Å². The van der Waals surface area contributed by atoms with Crippen molar-refractivity contribution < 1.29 is 19.0 Å².